The van der Waals surface area contributed by atoms with Crippen molar-refractivity contribution >= 4 is 16.9 Å². The summed E-state index contributed by atoms with van der Waals surface area (Å²) in [5.74, 6) is -0.233. The van der Waals surface area contributed by atoms with Crippen molar-refractivity contribution in [1.29, 1.82) is 0 Å². The first-order chi connectivity index (χ1) is 18.6. The Morgan fingerprint density at radius 3 is 2.36 bits per heavy atom. The number of nitrogens with zero attached hydrogens (tertiary/aromatic N) is 5. The number of benzene rings is 2. The summed E-state index contributed by atoms with van der Waals surface area (Å²) < 4.78 is 68.5. The van der Waals surface area contributed by atoms with Crippen molar-refractivity contribution < 1.29 is 26.7 Å². The molecule has 3 heterocycles. The Morgan fingerprint density at radius 1 is 0.974 bits per heavy atom. The van der Waals surface area contributed by atoms with Crippen molar-refractivity contribution in [3.63, 3.8) is 0 Å². The first-order valence-electron chi connectivity index (χ1n) is 12.5. The lowest BCUT2D eigenvalue weighted by Crippen LogP contribution is -2.49. The molecule has 5 rings (SSSR count). The summed E-state index contributed by atoms with van der Waals surface area (Å²) in [5, 5.41) is 4.61. The smallest absolute Gasteiger partial charge is 0.339 e. The fraction of sp³-hybridized carbons (Fsp3) is 0.321. The third-order valence-electron chi connectivity index (χ3n) is 6.88. The van der Waals surface area contributed by atoms with Crippen LogP contribution in [0.5, 0.6) is 0 Å². The molecule has 0 spiro atoms. The third-order valence-corrected chi connectivity index (χ3v) is 6.88. The van der Waals surface area contributed by atoms with Crippen molar-refractivity contribution in [3.8, 4) is 11.3 Å². The molecule has 11 heteroatoms. The second-order valence-electron chi connectivity index (χ2n) is 9.56. The molecule has 0 atom stereocenters. The van der Waals surface area contributed by atoms with Crippen LogP contribution in [0.25, 0.3) is 22.3 Å². The monoisotopic (exact) mass is 543 g/mol. The maximum Gasteiger partial charge on any atom is 0.416 e. The van der Waals surface area contributed by atoms with Crippen LogP contribution >= 0.6 is 0 Å². The largest absolute Gasteiger partial charge is 0.416 e. The second kappa shape index (κ2) is 10.7. The lowest BCUT2D eigenvalue weighted by molar-refractivity contribution is -0.137. The predicted octanol–water partition coefficient (Wildman–Crippen LogP) is 5.71. The number of pyridine rings is 1. The highest BCUT2D eigenvalue weighted by molar-refractivity contribution is 5.87. The summed E-state index contributed by atoms with van der Waals surface area (Å²) in [6, 6.07) is 15.6. The number of carbonyl (C=O) groups excluding carboxylic acids is 1. The highest BCUT2D eigenvalue weighted by Crippen LogP contribution is 2.33. The molecule has 1 fully saturated rings. The first kappa shape index (κ1) is 26.7. The number of aromatic nitrogens is 3. The van der Waals surface area contributed by atoms with Gasteiger partial charge in [0, 0.05) is 43.9 Å². The number of hydrogen-bond donors (Lipinski definition) is 0. The average Bonchev–Trinajstić information content (AvgIpc) is 3.23. The quantitative estimate of drug-likeness (QED) is 0.293. The number of amides is 1. The maximum absolute atomic E-state index is 14.0. The van der Waals surface area contributed by atoms with Crippen LogP contribution in [0.1, 0.15) is 28.8 Å². The molecule has 2 aromatic carbocycles. The minimum atomic E-state index is -4.40. The van der Waals surface area contributed by atoms with Crippen LogP contribution in [0.2, 0.25) is 0 Å². The number of carbonyl (C=O) groups is 1. The van der Waals surface area contributed by atoms with Crippen LogP contribution in [0.3, 0.4) is 0 Å². The lowest BCUT2D eigenvalue weighted by Gasteiger charge is -2.34. The Labute approximate surface area is 221 Å². The van der Waals surface area contributed by atoms with E-state index in [-0.39, 0.29) is 29.0 Å². The Balaban J connectivity index is 1.30. The van der Waals surface area contributed by atoms with Gasteiger partial charge in [-0.05, 0) is 24.6 Å². The van der Waals surface area contributed by atoms with E-state index in [2.05, 4.69) is 10.1 Å². The van der Waals surface area contributed by atoms with Gasteiger partial charge in [-0.25, -0.2) is 18.4 Å². The van der Waals surface area contributed by atoms with Crippen molar-refractivity contribution in [2.75, 3.05) is 26.2 Å². The number of piperazine rings is 1. The summed E-state index contributed by atoms with van der Waals surface area (Å²) in [6.07, 6.45) is -7.14. The molecule has 1 amide bonds. The predicted molar refractivity (Wildman–Crippen MR) is 136 cm³/mol. The van der Waals surface area contributed by atoms with Crippen LogP contribution in [0.4, 0.5) is 22.0 Å². The molecule has 0 aliphatic carbocycles. The Morgan fingerprint density at radius 2 is 1.69 bits per heavy atom. The van der Waals surface area contributed by atoms with Gasteiger partial charge in [0.2, 0.25) is 5.91 Å². The van der Waals surface area contributed by atoms with E-state index < -0.39 is 18.2 Å². The molecule has 204 valence electrons. The zero-order valence-electron chi connectivity index (χ0n) is 21.1. The van der Waals surface area contributed by atoms with Gasteiger partial charge in [-0.1, -0.05) is 48.5 Å². The highest BCUT2D eigenvalue weighted by Gasteiger charge is 2.31. The van der Waals surface area contributed by atoms with Crippen molar-refractivity contribution in [1.82, 2.24) is 24.6 Å². The molecule has 0 unspecified atom stereocenters. The van der Waals surface area contributed by atoms with E-state index in [0.717, 1.165) is 12.1 Å². The molecule has 6 nitrogen and oxygen atoms in total. The van der Waals surface area contributed by atoms with Crippen LogP contribution in [0, 0.1) is 6.92 Å². The van der Waals surface area contributed by atoms with Gasteiger partial charge in [0.15, 0.2) is 5.65 Å². The zero-order valence-corrected chi connectivity index (χ0v) is 21.1. The van der Waals surface area contributed by atoms with E-state index in [1.54, 1.807) is 42.2 Å². The number of hydrogen-bond acceptors (Lipinski definition) is 4. The normalized spacial score (nSPS) is 14.9. The summed E-state index contributed by atoms with van der Waals surface area (Å²) in [4.78, 5) is 21.4. The molecule has 4 aromatic rings. The van der Waals surface area contributed by atoms with Gasteiger partial charge in [0.1, 0.15) is 6.54 Å². The van der Waals surface area contributed by atoms with Crippen molar-refractivity contribution in [2.45, 2.75) is 32.6 Å². The summed E-state index contributed by atoms with van der Waals surface area (Å²) >= 11 is 0. The van der Waals surface area contributed by atoms with Crippen molar-refractivity contribution in [2.24, 2.45) is 0 Å². The maximum atomic E-state index is 14.0. The Hall–Kier alpha value is -3.86. The summed E-state index contributed by atoms with van der Waals surface area (Å²) in [7, 11) is 0. The van der Waals surface area contributed by atoms with E-state index in [9.17, 15) is 26.7 Å². The number of alkyl halides is 5. The molecule has 39 heavy (non-hydrogen) atoms. The topological polar surface area (TPSA) is 54.3 Å². The van der Waals surface area contributed by atoms with Crippen LogP contribution in [0.15, 0.2) is 60.7 Å². The van der Waals surface area contributed by atoms with E-state index in [0.29, 0.717) is 55.2 Å². The molecule has 2 aromatic heterocycles. The van der Waals surface area contributed by atoms with Gasteiger partial charge < -0.3 is 4.90 Å². The molecule has 0 saturated carbocycles. The van der Waals surface area contributed by atoms with Gasteiger partial charge in [-0.2, -0.15) is 18.3 Å². The number of rotatable bonds is 6. The van der Waals surface area contributed by atoms with E-state index in [4.69, 9.17) is 0 Å². The van der Waals surface area contributed by atoms with E-state index in [1.165, 1.54) is 16.8 Å². The minimum Gasteiger partial charge on any atom is -0.339 e. The molecule has 0 N–H and O–H groups in total. The summed E-state index contributed by atoms with van der Waals surface area (Å²) in [6.45, 7) is 3.57. The van der Waals surface area contributed by atoms with Crippen LogP contribution in [-0.4, -0.2) is 56.7 Å². The fourth-order valence-corrected chi connectivity index (χ4v) is 4.91. The minimum absolute atomic E-state index is 0.161. The number of halogens is 5. The summed E-state index contributed by atoms with van der Waals surface area (Å²) in [5.41, 5.74) is 1.32. The molecule has 1 saturated heterocycles. The number of aryl methyl sites for hydroxylation is 1. The molecular weight excluding hydrogens is 517 g/mol. The third kappa shape index (κ3) is 5.78. The van der Waals surface area contributed by atoms with Gasteiger partial charge >= 0.3 is 6.18 Å². The van der Waals surface area contributed by atoms with Gasteiger partial charge in [0.05, 0.1) is 22.3 Å². The Kier molecular flexibility index (Phi) is 7.35. The van der Waals surface area contributed by atoms with Crippen LogP contribution in [-0.2, 0) is 24.1 Å². The molecule has 0 bridgehead atoms. The zero-order chi connectivity index (χ0) is 27.7. The SMILES string of the molecule is Cc1nn(CC(=O)N2CCN(Cc3cccc(C(F)(F)F)c3)CC2)c2nc(-c3ccccc3)cc(C(F)F)c12. The van der Waals surface area contributed by atoms with Gasteiger partial charge in [0.25, 0.3) is 6.43 Å². The first-order valence-corrected chi connectivity index (χ1v) is 12.5. The molecule has 1 aliphatic heterocycles. The second-order valence-corrected chi connectivity index (χ2v) is 9.56. The number of fused-ring (bicyclic) bond motifs is 1. The highest BCUT2D eigenvalue weighted by atomic mass is 19.4. The standard InChI is InChI=1S/C28H26F5N5O/c1-18-25-22(26(29)30)15-23(20-7-3-2-4-8-20)34-27(25)38(35-18)17-24(39)37-12-10-36(11-13-37)16-19-6-5-9-21(14-19)28(31,32)33/h2-9,14-15,26H,10-13,16-17H2,1H3. The molecule has 1 aliphatic rings. The lowest BCUT2D eigenvalue weighted by atomic mass is 10.1. The van der Waals surface area contributed by atoms with Gasteiger partial charge in [-0.15, -0.1) is 0 Å². The Bertz CT molecular complexity index is 1480. The fourth-order valence-electron chi connectivity index (χ4n) is 4.91. The van der Waals surface area contributed by atoms with E-state index in [1.807, 2.05) is 11.0 Å². The van der Waals surface area contributed by atoms with Gasteiger partial charge in [-0.3, -0.25) is 9.69 Å². The molecule has 0 radical (unpaired) electrons. The molecular formula is C28H26F5N5O. The average molecular weight is 544 g/mol. The van der Waals surface area contributed by atoms with Crippen LogP contribution < -0.4 is 0 Å². The van der Waals surface area contributed by atoms with Crippen molar-refractivity contribution in [3.05, 3.63) is 83.0 Å². The van der Waals surface area contributed by atoms with E-state index >= 15 is 0 Å².